The molecule has 0 aliphatic heterocycles. The Kier molecular flexibility index (Phi) is 4.98. The molecular weight excluding hydrogens is 342 g/mol. The summed E-state index contributed by atoms with van der Waals surface area (Å²) in [7, 11) is 0. The van der Waals surface area contributed by atoms with Gasteiger partial charge in [0.15, 0.2) is 5.96 Å². The zero-order valence-electron chi connectivity index (χ0n) is 16.3. The number of nitrogens with zero attached hydrogens (tertiary/aromatic N) is 1. The number of nitrogens with one attached hydrogen (secondary N) is 1. The molecule has 0 heterocycles. The molecule has 0 saturated heterocycles. The molecule has 0 aliphatic rings. The second kappa shape index (κ2) is 7.73. The van der Waals surface area contributed by atoms with Crippen LogP contribution in [0.2, 0.25) is 0 Å². The van der Waals surface area contributed by atoms with Crippen molar-refractivity contribution in [3.8, 4) is 0 Å². The summed E-state index contributed by atoms with van der Waals surface area (Å²) in [4.78, 5) is 4.73. The van der Waals surface area contributed by atoms with E-state index in [0.29, 0.717) is 5.96 Å². The second-order valence-electron chi connectivity index (χ2n) is 7.19. The second-order valence-corrected chi connectivity index (χ2v) is 7.19. The van der Waals surface area contributed by atoms with Crippen LogP contribution in [0.1, 0.15) is 37.1 Å². The van der Waals surface area contributed by atoms with Crippen molar-refractivity contribution in [3.05, 3.63) is 96.1 Å². The lowest BCUT2D eigenvalue weighted by Crippen LogP contribution is -2.34. The smallest absolute Gasteiger partial charge is 0.189 e. The van der Waals surface area contributed by atoms with Crippen molar-refractivity contribution >= 4 is 27.5 Å². The van der Waals surface area contributed by atoms with Gasteiger partial charge in [0.2, 0.25) is 0 Å². The zero-order chi connectivity index (χ0) is 19.5. The Morgan fingerprint density at radius 1 is 0.714 bits per heavy atom. The summed E-state index contributed by atoms with van der Waals surface area (Å²) in [5.41, 5.74) is 8.68. The molecule has 0 aliphatic carbocycles. The first-order valence-corrected chi connectivity index (χ1v) is 9.68. The highest BCUT2D eigenvalue weighted by molar-refractivity contribution is 5.88. The fraction of sp³-hybridized carbons (Fsp3) is 0.160. The average Bonchev–Trinajstić information content (AvgIpc) is 2.72. The summed E-state index contributed by atoms with van der Waals surface area (Å²) in [6.07, 6.45) is 0. The predicted molar refractivity (Wildman–Crippen MR) is 119 cm³/mol. The number of guanidine groups is 1. The fourth-order valence-electron chi connectivity index (χ4n) is 3.86. The summed E-state index contributed by atoms with van der Waals surface area (Å²) < 4.78 is 0. The monoisotopic (exact) mass is 367 g/mol. The van der Waals surface area contributed by atoms with E-state index in [1.54, 1.807) is 0 Å². The van der Waals surface area contributed by atoms with E-state index in [9.17, 15) is 0 Å². The molecule has 0 fully saturated rings. The van der Waals surface area contributed by atoms with Crippen LogP contribution in [0.4, 0.5) is 0 Å². The Bertz CT molecular complexity index is 1140. The summed E-state index contributed by atoms with van der Waals surface area (Å²) in [6.45, 7) is 4.20. The largest absolute Gasteiger partial charge is 0.370 e. The molecular formula is C25H25N3. The third-order valence-corrected chi connectivity index (χ3v) is 5.26. The Hall–Kier alpha value is -3.33. The number of aliphatic imine (C=N–C) groups is 1. The van der Waals surface area contributed by atoms with Gasteiger partial charge in [-0.05, 0) is 46.5 Å². The SMILES string of the molecule is C[C@@H](N=C(N)N[C@H](C)c1cccc2ccccc12)c1cccc2ccccc12. The van der Waals surface area contributed by atoms with Crippen molar-refractivity contribution in [2.45, 2.75) is 25.9 Å². The molecule has 0 radical (unpaired) electrons. The third-order valence-electron chi connectivity index (χ3n) is 5.26. The van der Waals surface area contributed by atoms with Crippen LogP contribution in [0.25, 0.3) is 21.5 Å². The summed E-state index contributed by atoms with van der Waals surface area (Å²) >= 11 is 0. The number of hydrogen-bond acceptors (Lipinski definition) is 1. The van der Waals surface area contributed by atoms with Gasteiger partial charge in [-0.2, -0.15) is 0 Å². The van der Waals surface area contributed by atoms with E-state index >= 15 is 0 Å². The molecule has 3 N–H and O–H groups in total. The van der Waals surface area contributed by atoms with Crippen molar-refractivity contribution in [1.82, 2.24) is 5.32 Å². The number of rotatable bonds is 4. The first-order chi connectivity index (χ1) is 13.6. The highest BCUT2D eigenvalue weighted by Gasteiger charge is 2.12. The Morgan fingerprint density at radius 2 is 1.21 bits per heavy atom. The van der Waals surface area contributed by atoms with E-state index in [1.165, 1.54) is 32.7 Å². The van der Waals surface area contributed by atoms with Crippen LogP contribution < -0.4 is 11.1 Å². The molecule has 4 aromatic carbocycles. The van der Waals surface area contributed by atoms with Gasteiger partial charge in [-0.1, -0.05) is 84.9 Å². The Morgan fingerprint density at radius 3 is 1.86 bits per heavy atom. The fourth-order valence-corrected chi connectivity index (χ4v) is 3.86. The van der Waals surface area contributed by atoms with Crippen LogP contribution in [0.3, 0.4) is 0 Å². The Balaban J connectivity index is 1.58. The van der Waals surface area contributed by atoms with Gasteiger partial charge in [-0.15, -0.1) is 0 Å². The maximum Gasteiger partial charge on any atom is 0.189 e. The van der Waals surface area contributed by atoms with Gasteiger partial charge < -0.3 is 11.1 Å². The van der Waals surface area contributed by atoms with Crippen LogP contribution in [0.15, 0.2) is 89.9 Å². The van der Waals surface area contributed by atoms with Gasteiger partial charge in [-0.3, -0.25) is 0 Å². The minimum Gasteiger partial charge on any atom is -0.370 e. The minimum absolute atomic E-state index is 0.0293. The van der Waals surface area contributed by atoms with Crippen LogP contribution in [0.5, 0.6) is 0 Å². The maximum atomic E-state index is 6.28. The molecule has 4 rings (SSSR count). The van der Waals surface area contributed by atoms with E-state index in [0.717, 1.165) is 0 Å². The summed E-state index contributed by atoms with van der Waals surface area (Å²) in [6, 6.07) is 29.5. The normalized spacial score (nSPS) is 14.1. The van der Waals surface area contributed by atoms with Gasteiger partial charge in [0.05, 0.1) is 12.1 Å². The van der Waals surface area contributed by atoms with Crippen LogP contribution in [0, 0.1) is 0 Å². The first-order valence-electron chi connectivity index (χ1n) is 9.68. The molecule has 0 saturated carbocycles. The molecule has 0 unspecified atom stereocenters. The van der Waals surface area contributed by atoms with Gasteiger partial charge >= 0.3 is 0 Å². The Labute approximate surface area is 165 Å². The van der Waals surface area contributed by atoms with E-state index in [-0.39, 0.29) is 12.1 Å². The lowest BCUT2D eigenvalue weighted by Gasteiger charge is -2.18. The van der Waals surface area contributed by atoms with E-state index < -0.39 is 0 Å². The maximum absolute atomic E-state index is 6.28. The van der Waals surface area contributed by atoms with Gasteiger partial charge in [-0.25, -0.2) is 4.99 Å². The van der Waals surface area contributed by atoms with Gasteiger partial charge in [0.25, 0.3) is 0 Å². The van der Waals surface area contributed by atoms with Crippen molar-refractivity contribution in [2.75, 3.05) is 0 Å². The molecule has 4 aromatic rings. The lowest BCUT2D eigenvalue weighted by molar-refractivity contribution is 0.702. The molecule has 3 heteroatoms. The van der Waals surface area contributed by atoms with E-state index in [1.807, 2.05) is 0 Å². The minimum atomic E-state index is -0.0293. The first kappa shape index (κ1) is 18.1. The van der Waals surface area contributed by atoms with Crippen LogP contribution >= 0.6 is 0 Å². The molecule has 140 valence electrons. The van der Waals surface area contributed by atoms with Gasteiger partial charge in [0.1, 0.15) is 0 Å². The van der Waals surface area contributed by atoms with Crippen molar-refractivity contribution in [3.63, 3.8) is 0 Å². The third kappa shape index (κ3) is 3.56. The molecule has 0 amide bonds. The van der Waals surface area contributed by atoms with Gasteiger partial charge in [0, 0.05) is 0 Å². The number of nitrogens with two attached hydrogens (primary N) is 1. The van der Waals surface area contributed by atoms with Crippen LogP contribution in [-0.4, -0.2) is 5.96 Å². The quantitative estimate of drug-likeness (QED) is 0.358. The number of fused-ring (bicyclic) bond motifs is 2. The highest BCUT2D eigenvalue weighted by Crippen LogP contribution is 2.27. The molecule has 0 spiro atoms. The van der Waals surface area contributed by atoms with Crippen molar-refractivity contribution in [2.24, 2.45) is 10.7 Å². The number of benzene rings is 4. The summed E-state index contributed by atoms with van der Waals surface area (Å²) in [5, 5.41) is 8.27. The molecule has 3 nitrogen and oxygen atoms in total. The molecule has 28 heavy (non-hydrogen) atoms. The van der Waals surface area contributed by atoms with E-state index in [2.05, 4.69) is 104 Å². The average molecular weight is 367 g/mol. The van der Waals surface area contributed by atoms with Crippen molar-refractivity contribution in [1.29, 1.82) is 0 Å². The van der Waals surface area contributed by atoms with E-state index in [4.69, 9.17) is 10.7 Å². The number of hydrogen-bond donors (Lipinski definition) is 2. The molecule has 2 atom stereocenters. The van der Waals surface area contributed by atoms with Crippen molar-refractivity contribution < 1.29 is 0 Å². The zero-order valence-corrected chi connectivity index (χ0v) is 16.3. The summed E-state index contributed by atoms with van der Waals surface area (Å²) in [5.74, 6) is 0.459. The topological polar surface area (TPSA) is 50.4 Å². The van der Waals surface area contributed by atoms with Crippen LogP contribution in [-0.2, 0) is 0 Å². The molecule has 0 bridgehead atoms. The molecule has 0 aromatic heterocycles. The standard InChI is InChI=1S/C25H25N3/c1-17(21-15-7-11-19-9-3-5-13-23(19)21)27-25(26)28-18(2)22-16-8-12-20-10-4-6-14-24(20)22/h3-18H,1-2H3,(H3,26,27,28)/t17-,18-/m1/s1. The highest BCUT2D eigenvalue weighted by atomic mass is 15.1. The predicted octanol–water partition coefficient (Wildman–Crippen LogP) is 5.72. The lowest BCUT2D eigenvalue weighted by atomic mass is 9.99.